The molecule has 3 aromatic rings. The van der Waals surface area contributed by atoms with Gasteiger partial charge in [-0.1, -0.05) is 18.2 Å². The van der Waals surface area contributed by atoms with Gasteiger partial charge in [-0.2, -0.15) is 31.3 Å². The number of anilines is 1. The summed E-state index contributed by atoms with van der Waals surface area (Å²) in [5.74, 6) is -1.06. The van der Waals surface area contributed by atoms with E-state index in [2.05, 4.69) is 9.97 Å². The third-order valence-electron chi connectivity index (χ3n) is 5.86. The van der Waals surface area contributed by atoms with Crippen molar-refractivity contribution < 1.29 is 44.3 Å². The number of hydrogen-bond donors (Lipinski definition) is 0. The second-order valence-corrected chi connectivity index (χ2v) is 11.2. The van der Waals surface area contributed by atoms with Gasteiger partial charge in [0.2, 0.25) is 26.8 Å². The molecule has 1 heterocycles. The van der Waals surface area contributed by atoms with E-state index in [4.69, 9.17) is 4.74 Å². The number of aromatic nitrogens is 2. The quantitative estimate of drug-likeness (QED) is 0.266. The predicted octanol–water partition coefficient (Wildman–Crippen LogP) is 5.96. The number of halogens is 6. The Morgan fingerprint density at radius 1 is 0.923 bits per heavy atom. The molecule has 1 amide bonds. The number of benzene rings is 2. The third-order valence-corrected chi connectivity index (χ3v) is 6.72. The second kappa shape index (κ2) is 10.1. The molecule has 0 aliphatic rings. The molecule has 1 aromatic heterocycles. The van der Waals surface area contributed by atoms with E-state index in [9.17, 15) is 39.6 Å². The van der Waals surface area contributed by atoms with Crippen molar-refractivity contribution in [3.8, 4) is 11.6 Å². The molecule has 0 atom stereocenters. The third kappa shape index (κ3) is 6.49. The number of sulfone groups is 1. The molecule has 0 saturated carbocycles. The van der Waals surface area contributed by atoms with E-state index in [1.54, 1.807) is 31.2 Å². The van der Waals surface area contributed by atoms with E-state index in [1.165, 1.54) is 7.05 Å². The number of carbonyl (C=O) groups is 1. The van der Waals surface area contributed by atoms with Gasteiger partial charge in [0.25, 0.3) is 0 Å². The molecule has 0 radical (unpaired) electrons. The van der Waals surface area contributed by atoms with Crippen molar-refractivity contribution in [3.63, 3.8) is 0 Å². The Morgan fingerprint density at radius 2 is 1.44 bits per heavy atom. The lowest BCUT2D eigenvalue weighted by Crippen LogP contribution is -2.42. The highest BCUT2D eigenvalue weighted by molar-refractivity contribution is 7.90. The molecule has 14 heteroatoms. The van der Waals surface area contributed by atoms with Gasteiger partial charge in [0.15, 0.2) is 0 Å². The standard InChI is InChI=1S/C25H23F6N3O4S/c1-14-8-6-7-9-19(14)38-20-18(13-32-22(33-20)39(5,36)37)34(4)21(35)23(2,3)15-10-16(24(26,27)28)12-17(11-15)25(29,30)31/h6-13H,1-5H3. The molecule has 7 nitrogen and oxygen atoms in total. The number of nitrogens with zero attached hydrogens (tertiary/aromatic N) is 3. The van der Waals surface area contributed by atoms with E-state index in [0.717, 1.165) is 31.2 Å². The van der Waals surface area contributed by atoms with Crippen LogP contribution in [0.1, 0.15) is 36.1 Å². The van der Waals surface area contributed by atoms with Crippen LogP contribution in [0.4, 0.5) is 32.0 Å². The predicted molar refractivity (Wildman–Crippen MR) is 129 cm³/mol. The lowest BCUT2D eigenvalue weighted by Gasteiger charge is -2.31. The molecule has 0 aliphatic carbocycles. The molecule has 0 saturated heterocycles. The van der Waals surface area contributed by atoms with Gasteiger partial charge in [0.05, 0.1) is 22.7 Å². The first-order valence-corrected chi connectivity index (χ1v) is 13.0. The Labute approximate surface area is 220 Å². The normalized spacial score (nSPS) is 12.8. The number of alkyl halides is 6. The van der Waals surface area contributed by atoms with Crippen LogP contribution in [0.25, 0.3) is 0 Å². The fourth-order valence-corrected chi connectivity index (χ4v) is 4.06. The molecular formula is C25H23F6N3O4S. The molecular weight excluding hydrogens is 552 g/mol. The van der Waals surface area contributed by atoms with Crippen LogP contribution in [0, 0.1) is 6.92 Å². The first-order valence-electron chi connectivity index (χ1n) is 11.1. The zero-order chi connectivity index (χ0) is 29.6. The minimum Gasteiger partial charge on any atom is -0.437 e. The Hall–Kier alpha value is -3.68. The topological polar surface area (TPSA) is 89.5 Å². The van der Waals surface area contributed by atoms with Gasteiger partial charge < -0.3 is 9.64 Å². The summed E-state index contributed by atoms with van der Waals surface area (Å²) in [5, 5.41) is -0.623. The van der Waals surface area contributed by atoms with E-state index in [-0.39, 0.29) is 23.4 Å². The van der Waals surface area contributed by atoms with Gasteiger partial charge in [-0.3, -0.25) is 4.79 Å². The minimum atomic E-state index is -5.11. The van der Waals surface area contributed by atoms with Crippen LogP contribution in [0.3, 0.4) is 0 Å². The molecule has 0 spiro atoms. The summed E-state index contributed by atoms with van der Waals surface area (Å²) in [6, 6.07) is 7.52. The first-order chi connectivity index (χ1) is 17.7. The largest absolute Gasteiger partial charge is 0.437 e. The Kier molecular flexibility index (Phi) is 7.76. The molecule has 39 heavy (non-hydrogen) atoms. The SMILES string of the molecule is Cc1ccccc1Oc1nc(S(C)(=O)=O)ncc1N(C)C(=O)C(C)(C)c1cc(C(F)(F)F)cc(C(F)(F)F)c1. The lowest BCUT2D eigenvalue weighted by atomic mass is 9.81. The summed E-state index contributed by atoms with van der Waals surface area (Å²) >= 11 is 0. The van der Waals surface area contributed by atoms with E-state index in [1.807, 2.05) is 0 Å². The number of carbonyl (C=O) groups excluding carboxylic acids is 1. The van der Waals surface area contributed by atoms with Gasteiger partial charge >= 0.3 is 12.4 Å². The average molecular weight is 576 g/mol. The number of rotatable bonds is 6. The second-order valence-electron chi connectivity index (χ2n) is 9.27. The van der Waals surface area contributed by atoms with Crippen molar-refractivity contribution in [2.75, 3.05) is 18.2 Å². The monoisotopic (exact) mass is 575 g/mol. The number of amides is 1. The van der Waals surface area contributed by atoms with Gasteiger partial charge in [0, 0.05) is 13.3 Å². The van der Waals surface area contributed by atoms with Crippen molar-refractivity contribution in [3.05, 3.63) is 70.9 Å². The van der Waals surface area contributed by atoms with Crippen LogP contribution >= 0.6 is 0 Å². The van der Waals surface area contributed by atoms with E-state index in [0.29, 0.717) is 17.7 Å². The highest BCUT2D eigenvalue weighted by atomic mass is 32.2. The van der Waals surface area contributed by atoms with Crippen LogP contribution in [0.15, 0.2) is 53.8 Å². The highest BCUT2D eigenvalue weighted by Crippen LogP contribution is 2.40. The zero-order valence-electron chi connectivity index (χ0n) is 21.3. The van der Waals surface area contributed by atoms with Crippen molar-refractivity contribution in [1.29, 1.82) is 0 Å². The molecule has 0 fully saturated rings. The summed E-state index contributed by atoms with van der Waals surface area (Å²) in [6.45, 7) is 4.02. The maximum absolute atomic E-state index is 13.6. The summed E-state index contributed by atoms with van der Waals surface area (Å²) in [5.41, 5.74) is -5.16. The number of aryl methyl sites for hydroxylation is 1. The number of likely N-dealkylation sites (N-methyl/N-ethyl adjacent to an activating group) is 1. The highest BCUT2D eigenvalue weighted by Gasteiger charge is 2.41. The lowest BCUT2D eigenvalue weighted by molar-refractivity contribution is -0.143. The summed E-state index contributed by atoms with van der Waals surface area (Å²) in [6.07, 6.45) is -8.39. The molecule has 0 N–H and O–H groups in total. The molecule has 0 aliphatic heterocycles. The fraction of sp³-hybridized carbons (Fsp3) is 0.320. The van der Waals surface area contributed by atoms with Crippen LogP contribution in [-0.4, -0.2) is 37.6 Å². The molecule has 3 rings (SSSR count). The Morgan fingerprint density at radius 3 is 1.92 bits per heavy atom. The van der Waals surface area contributed by atoms with Crippen molar-refractivity contribution in [2.24, 2.45) is 0 Å². The smallest absolute Gasteiger partial charge is 0.416 e. The minimum absolute atomic E-state index is 0.0281. The molecule has 210 valence electrons. The van der Waals surface area contributed by atoms with Crippen LogP contribution in [-0.2, 0) is 32.4 Å². The number of hydrogen-bond acceptors (Lipinski definition) is 6. The maximum atomic E-state index is 13.6. The van der Waals surface area contributed by atoms with Crippen LogP contribution in [0.2, 0.25) is 0 Å². The summed E-state index contributed by atoms with van der Waals surface area (Å²) in [4.78, 5) is 22.1. The average Bonchev–Trinajstić information content (AvgIpc) is 2.82. The van der Waals surface area contributed by atoms with Gasteiger partial charge in [0.1, 0.15) is 11.4 Å². The summed E-state index contributed by atoms with van der Waals surface area (Å²) in [7, 11) is -2.73. The van der Waals surface area contributed by atoms with Gasteiger partial charge in [-0.25, -0.2) is 13.4 Å². The van der Waals surface area contributed by atoms with E-state index < -0.39 is 55.4 Å². The summed E-state index contributed by atoms with van der Waals surface area (Å²) < 4.78 is 110. The molecule has 0 unspecified atom stereocenters. The van der Waals surface area contributed by atoms with Gasteiger partial charge in [-0.15, -0.1) is 0 Å². The maximum Gasteiger partial charge on any atom is 0.416 e. The fourth-order valence-electron chi connectivity index (χ4n) is 3.57. The molecule has 2 aromatic carbocycles. The zero-order valence-corrected chi connectivity index (χ0v) is 22.1. The first kappa shape index (κ1) is 29.9. The number of para-hydroxylation sites is 1. The van der Waals surface area contributed by atoms with E-state index >= 15 is 0 Å². The van der Waals surface area contributed by atoms with Crippen molar-refractivity contribution in [2.45, 2.75) is 43.7 Å². The molecule has 0 bridgehead atoms. The van der Waals surface area contributed by atoms with Crippen molar-refractivity contribution >= 4 is 21.4 Å². The van der Waals surface area contributed by atoms with Crippen LogP contribution < -0.4 is 9.64 Å². The number of ether oxygens (including phenoxy) is 1. The Balaban J connectivity index is 2.14. The van der Waals surface area contributed by atoms with Gasteiger partial charge in [-0.05, 0) is 56.2 Å². The van der Waals surface area contributed by atoms with Crippen molar-refractivity contribution in [1.82, 2.24) is 9.97 Å². The Bertz CT molecular complexity index is 1490. The van der Waals surface area contributed by atoms with Crippen LogP contribution in [0.5, 0.6) is 11.6 Å².